The number of methoxy groups -OCH3 is 5. The molecule has 0 spiro atoms. The summed E-state index contributed by atoms with van der Waals surface area (Å²) in [5, 5.41) is 16.7. The number of carbonyl (C=O) groups excluding carboxylic acids is 14. The number of hydrogen-bond donors (Lipinski definition) is 9. The molecule has 40 heteroatoms. The molecular formula is C96H154N20O19S. The number of hydrogen-bond acceptors (Lipinski definition) is 26. The lowest BCUT2D eigenvalue weighted by Gasteiger charge is -2.32. The predicted octanol–water partition coefficient (Wildman–Crippen LogP) is 1.38. The van der Waals surface area contributed by atoms with Crippen molar-refractivity contribution in [2.75, 3.05) is 238 Å². The lowest BCUT2D eigenvalue weighted by atomic mass is 10.0. The quantitative estimate of drug-likeness (QED) is 0.0282. The summed E-state index contributed by atoms with van der Waals surface area (Å²) in [5.74, 6) is -4.44. The fourth-order valence-corrected chi connectivity index (χ4v) is 17.2. The molecule has 14 amide bonds. The van der Waals surface area contributed by atoms with Crippen molar-refractivity contribution in [2.24, 2.45) is 28.7 Å². The molecule has 0 saturated carbocycles. The topological polar surface area (TPSA) is 499 Å². The number of nitrogens with zero attached hydrogens (tertiary/aromatic N) is 11. The van der Waals surface area contributed by atoms with E-state index >= 15 is 0 Å². The highest BCUT2D eigenvalue weighted by Gasteiger charge is 2.41. The van der Waals surface area contributed by atoms with Gasteiger partial charge in [0.25, 0.3) is 0 Å². The Balaban J connectivity index is 0.000000480. The molecule has 2 aliphatic rings. The van der Waals surface area contributed by atoms with Gasteiger partial charge in [0.05, 0.1) is 103 Å². The van der Waals surface area contributed by atoms with Crippen LogP contribution in [0.25, 0.3) is 21.5 Å². The fourth-order valence-electron chi connectivity index (χ4n) is 15.7. The van der Waals surface area contributed by atoms with Crippen molar-refractivity contribution in [1.29, 1.82) is 0 Å². The van der Waals surface area contributed by atoms with Gasteiger partial charge in [-0.05, 0) is 149 Å². The third-order valence-electron chi connectivity index (χ3n) is 23.6. The van der Waals surface area contributed by atoms with Gasteiger partial charge in [-0.25, -0.2) is 0 Å². The van der Waals surface area contributed by atoms with E-state index in [0.717, 1.165) is 76.3 Å². The Morgan fingerprint density at radius 3 is 1.16 bits per heavy atom. The Hall–Kier alpha value is -10.7. The zero-order valence-electron chi connectivity index (χ0n) is 81.5. The van der Waals surface area contributed by atoms with Crippen LogP contribution in [-0.2, 0) is 104 Å². The van der Waals surface area contributed by atoms with Crippen LogP contribution in [0.4, 0.5) is 0 Å². The van der Waals surface area contributed by atoms with Crippen LogP contribution in [-0.4, -0.2) is 398 Å². The predicted molar refractivity (Wildman–Crippen MR) is 523 cm³/mol. The minimum Gasteiger partial charge on any atom is -0.383 e. The van der Waals surface area contributed by atoms with E-state index in [1.807, 2.05) is 104 Å². The Bertz CT molecular complexity index is 4390. The van der Waals surface area contributed by atoms with Crippen molar-refractivity contribution >= 4 is 116 Å². The first kappa shape index (κ1) is 116. The minimum atomic E-state index is -1.01. The van der Waals surface area contributed by atoms with Crippen LogP contribution in [0.15, 0.2) is 97.3 Å². The fraction of sp³-hybridized carbons (Fsp3) is 0.625. The molecule has 0 radical (unpaired) electrons. The Morgan fingerprint density at radius 1 is 0.404 bits per heavy atom. The highest BCUT2D eigenvalue weighted by atomic mass is 32.2. The lowest BCUT2D eigenvalue weighted by Crippen LogP contribution is -2.53. The van der Waals surface area contributed by atoms with Crippen LogP contribution in [0.2, 0.25) is 0 Å². The van der Waals surface area contributed by atoms with Crippen molar-refractivity contribution in [3.63, 3.8) is 0 Å². The first-order valence-corrected chi connectivity index (χ1v) is 48.5. The number of fused-ring (bicyclic) bond motifs is 3. The molecule has 2 fully saturated rings. The summed E-state index contributed by atoms with van der Waals surface area (Å²) in [6.07, 6.45) is 9.17. The third-order valence-corrected chi connectivity index (χ3v) is 25.1. The summed E-state index contributed by atoms with van der Waals surface area (Å²) in [6.45, 7) is 9.49. The van der Waals surface area contributed by atoms with E-state index in [1.54, 1.807) is 4.90 Å². The van der Waals surface area contributed by atoms with E-state index in [4.69, 9.17) is 52.4 Å². The molecule has 136 heavy (non-hydrogen) atoms. The molecule has 6 rings (SSSR count). The first-order valence-electron chi connectivity index (χ1n) is 47.4. The van der Waals surface area contributed by atoms with Crippen molar-refractivity contribution < 1.29 is 90.8 Å². The molecule has 2 saturated heterocycles. The summed E-state index contributed by atoms with van der Waals surface area (Å²) >= 11 is 1.96. The van der Waals surface area contributed by atoms with Crippen LogP contribution in [0.5, 0.6) is 0 Å². The van der Waals surface area contributed by atoms with E-state index in [0.29, 0.717) is 121 Å². The maximum atomic E-state index is 14.7. The van der Waals surface area contributed by atoms with E-state index in [2.05, 4.69) is 27.8 Å². The standard InChI is InChI=1S/C48H80N10O10.C48H74N10O9S/c1-6-52(23-12-9-20-49)43(60)34-56(27-30-67-4)47(64)38-58(32-41-18-15-17-40-16-7-8-19-42(40)41)48(65)37-55(25-14-11-22-51)45(62)36-57(28-31-68-5)46(63)35-54(24-13-10-21-50)44(61)33-53(39(2)59)26-29-66-3;1-34-52-40-33-68-41(47(40)53-34)19-7-8-20-42(60)51-22-11-9-18-39(48(50)65)54-43(61)29-56(24-26-66-3)44(62)31-57(25-27-67-4)45(63)30-55(23-12-10-21-49)46(64)32-58(35(2)59)28-37-16-13-15-36-14-5-6-17-38(36)37/h7-8,15-19H,6,9-14,20-38,49-51H2,1-5H3;5-6,13-17,39-41,47,52-53H,1,7-12,18-33,49H2,2-4H3,(H2,50,65)(H,51,60)(H,54,61)/t;39-,40-,41?,47-/m.0/s1. The van der Waals surface area contributed by atoms with Crippen molar-refractivity contribution in [3.8, 4) is 0 Å². The Morgan fingerprint density at radius 2 is 0.757 bits per heavy atom. The number of rotatable bonds is 68. The maximum absolute atomic E-state index is 14.7. The van der Waals surface area contributed by atoms with Gasteiger partial charge in [0, 0.05) is 152 Å². The van der Waals surface area contributed by atoms with Crippen LogP contribution < -0.4 is 49.9 Å². The van der Waals surface area contributed by atoms with Crippen LogP contribution >= 0.6 is 11.8 Å². The average molecular weight is 1920 g/mol. The molecule has 0 bridgehead atoms. The third kappa shape index (κ3) is 42.1. The summed E-state index contributed by atoms with van der Waals surface area (Å²) in [4.78, 5) is 205. The molecule has 4 atom stereocenters. The number of primary amides is 1. The van der Waals surface area contributed by atoms with E-state index < -0.39 is 97.8 Å². The van der Waals surface area contributed by atoms with Gasteiger partial charge in [0.1, 0.15) is 19.1 Å². The highest BCUT2D eigenvalue weighted by Crippen LogP contribution is 2.34. The maximum Gasteiger partial charge on any atom is 0.242 e. The van der Waals surface area contributed by atoms with Gasteiger partial charge in [-0.2, -0.15) is 11.8 Å². The number of amides is 14. The normalized spacial score (nSPS) is 13.8. The summed E-state index contributed by atoms with van der Waals surface area (Å²) in [7, 11) is 7.35. The van der Waals surface area contributed by atoms with Crippen LogP contribution in [0.1, 0.15) is 128 Å². The van der Waals surface area contributed by atoms with Gasteiger partial charge in [0.2, 0.25) is 82.7 Å². The largest absolute Gasteiger partial charge is 0.383 e. The number of likely N-dealkylation sites (N-methyl/N-ethyl adjacent to an activating group) is 1. The number of ether oxygens (including phenoxy) is 5. The Labute approximate surface area is 806 Å². The van der Waals surface area contributed by atoms with Gasteiger partial charge in [-0.15, -0.1) is 0 Å². The second-order valence-corrected chi connectivity index (χ2v) is 35.1. The summed E-state index contributed by atoms with van der Waals surface area (Å²) in [5.41, 5.74) is 30.3. The number of nitrogens with two attached hydrogens (primary N) is 5. The van der Waals surface area contributed by atoms with E-state index in [1.165, 1.54) is 98.4 Å². The number of thioether (sulfide) groups is 1. The number of nitrogens with one attached hydrogen (secondary N) is 4. The van der Waals surface area contributed by atoms with Crippen molar-refractivity contribution in [1.82, 2.24) is 75.2 Å². The summed E-state index contributed by atoms with van der Waals surface area (Å²) in [6, 6.07) is 26.8. The molecule has 39 nitrogen and oxygen atoms in total. The van der Waals surface area contributed by atoms with Crippen LogP contribution in [0.3, 0.4) is 0 Å². The second-order valence-electron chi connectivity index (χ2n) is 33.9. The van der Waals surface area contributed by atoms with Gasteiger partial charge in [-0.1, -0.05) is 97.9 Å². The Kier molecular flexibility index (Phi) is 56.1. The minimum absolute atomic E-state index is 0.00263. The molecule has 1 unspecified atom stereocenters. The zero-order chi connectivity index (χ0) is 99.7. The molecule has 2 aliphatic heterocycles. The van der Waals surface area contributed by atoms with Crippen molar-refractivity contribution in [3.05, 3.63) is 108 Å². The second kappa shape index (κ2) is 65.9. The molecule has 14 N–H and O–H groups in total. The van der Waals surface area contributed by atoms with Gasteiger partial charge < -0.3 is 128 Å². The molecule has 4 aromatic rings. The number of benzene rings is 4. The van der Waals surface area contributed by atoms with Crippen molar-refractivity contribution in [2.45, 2.75) is 154 Å². The van der Waals surface area contributed by atoms with Gasteiger partial charge in [-0.3, -0.25) is 67.1 Å². The highest BCUT2D eigenvalue weighted by molar-refractivity contribution is 8.00. The molecule has 0 aliphatic carbocycles. The first-order chi connectivity index (χ1) is 65.5. The zero-order valence-corrected chi connectivity index (χ0v) is 82.3. The lowest BCUT2D eigenvalue weighted by molar-refractivity contribution is -0.149. The van der Waals surface area contributed by atoms with Gasteiger partial charge in [0.15, 0.2) is 0 Å². The van der Waals surface area contributed by atoms with Gasteiger partial charge >= 0.3 is 0 Å². The molecule has 4 aromatic carbocycles. The molecular weight excluding hydrogens is 1770 g/mol. The number of unbranched alkanes of at least 4 members (excludes halogenated alkanes) is 6. The van der Waals surface area contributed by atoms with E-state index in [-0.39, 0.29) is 161 Å². The number of carbonyl (C=O) groups is 14. The molecule has 2 heterocycles. The average Bonchev–Trinajstić information content (AvgIpc) is 1.61. The SMILES string of the molecule is C=C1N[C@H]2CSC(CCCCC(=O)NCCCC[C@H](NC(=O)CN(CCOC)C(=O)CN(CCOC)C(=O)CN(CCCCN)C(=O)CN(Cc3cccc4ccccc34)C(C)=O)C(N)=O)[C@H]2N1.CCN(CCCCN)C(=O)CN(CCOC)C(=O)CN(Cc1cccc2ccccc12)C(=O)CN(CCCCN)C(=O)CN(CCOC)C(=O)CN(CCCCN)C(=O)CN(CCOC)C(C)=O. The summed E-state index contributed by atoms with van der Waals surface area (Å²) < 4.78 is 26.2. The smallest absolute Gasteiger partial charge is 0.242 e. The monoisotopic (exact) mass is 1920 g/mol. The van der Waals surface area contributed by atoms with E-state index in [9.17, 15) is 67.1 Å². The molecule has 0 aromatic heterocycles. The molecule has 758 valence electrons. The van der Waals surface area contributed by atoms with Crippen LogP contribution in [0, 0.1) is 0 Å².